The summed E-state index contributed by atoms with van der Waals surface area (Å²) in [7, 11) is 1.59. The van der Waals surface area contributed by atoms with Crippen molar-refractivity contribution in [3.63, 3.8) is 0 Å². The third-order valence-electron chi connectivity index (χ3n) is 4.75. The van der Waals surface area contributed by atoms with Crippen LogP contribution >= 0.6 is 0 Å². The number of carbonyl (C=O) groups is 1. The fourth-order valence-electron chi connectivity index (χ4n) is 3.12. The Morgan fingerprint density at radius 2 is 1.94 bits per heavy atom. The number of methoxy groups -OCH3 is 1. The van der Waals surface area contributed by atoms with Gasteiger partial charge in [-0.25, -0.2) is 0 Å². The van der Waals surface area contributed by atoms with Crippen molar-refractivity contribution in [2.45, 2.75) is 6.42 Å². The summed E-state index contributed by atoms with van der Waals surface area (Å²) in [6, 6.07) is 16.7. The van der Waals surface area contributed by atoms with Gasteiger partial charge in [-0.2, -0.15) is 4.52 Å². The normalized spacial score (nSPS) is 10.7. The van der Waals surface area contributed by atoms with Crippen molar-refractivity contribution in [3.05, 3.63) is 76.3 Å². The number of fused-ring (bicyclic) bond motifs is 1. The van der Waals surface area contributed by atoms with E-state index in [1.54, 1.807) is 35.9 Å². The van der Waals surface area contributed by atoms with E-state index < -0.39 is 4.92 Å². The largest absolute Gasteiger partial charge is 0.497 e. The number of amides is 1. The first-order valence-electron chi connectivity index (χ1n) is 10.0. The molecule has 0 atom stereocenters. The summed E-state index contributed by atoms with van der Waals surface area (Å²) in [4.78, 5) is 22.3. The minimum absolute atomic E-state index is 0.0142. The van der Waals surface area contributed by atoms with Crippen LogP contribution in [-0.2, 0) is 11.2 Å². The number of nitrogens with zero attached hydrogens (tertiary/aromatic N) is 5. The number of hydrogen-bond acceptors (Lipinski definition) is 8. The summed E-state index contributed by atoms with van der Waals surface area (Å²) >= 11 is 0. The van der Waals surface area contributed by atoms with E-state index in [1.807, 2.05) is 24.3 Å². The Bertz CT molecular complexity index is 1290. The number of nitro groups is 1. The summed E-state index contributed by atoms with van der Waals surface area (Å²) < 4.78 is 12.5. The molecule has 0 saturated carbocycles. The smallest absolute Gasteiger partial charge is 0.269 e. The summed E-state index contributed by atoms with van der Waals surface area (Å²) in [5.41, 5.74) is 2.03. The molecule has 0 fully saturated rings. The van der Waals surface area contributed by atoms with E-state index in [0.717, 1.165) is 5.56 Å². The maximum Gasteiger partial charge on any atom is 0.269 e. The second kappa shape index (κ2) is 9.73. The molecule has 0 aliphatic heterocycles. The lowest BCUT2D eigenvalue weighted by atomic mass is 10.1. The quantitative estimate of drug-likeness (QED) is 0.234. The Balaban J connectivity index is 1.33. The van der Waals surface area contributed by atoms with Crippen molar-refractivity contribution >= 4 is 17.2 Å². The average Bonchev–Trinajstić information content (AvgIpc) is 3.25. The molecule has 2 heterocycles. The molecule has 4 aromatic rings. The van der Waals surface area contributed by atoms with Crippen LogP contribution < -0.4 is 14.8 Å². The molecule has 0 unspecified atom stereocenters. The monoisotopic (exact) mass is 448 g/mol. The Labute approximate surface area is 188 Å². The fraction of sp³-hybridized carbons (Fsp3) is 0.182. The van der Waals surface area contributed by atoms with Crippen molar-refractivity contribution in [1.82, 2.24) is 25.1 Å². The van der Waals surface area contributed by atoms with Crippen molar-refractivity contribution in [2.24, 2.45) is 0 Å². The lowest BCUT2D eigenvalue weighted by Crippen LogP contribution is -2.29. The number of nitrogens with one attached hydrogen (secondary N) is 1. The number of benzene rings is 2. The van der Waals surface area contributed by atoms with E-state index in [4.69, 9.17) is 9.47 Å². The fourth-order valence-corrected chi connectivity index (χ4v) is 3.12. The Hall–Kier alpha value is -4.54. The topological polar surface area (TPSA) is 134 Å². The van der Waals surface area contributed by atoms with Crippen molar-refractivity contribution in [1.29, 1.82) is 0 Å². The van der Waals surface area contributed by atoms with E-state index in [2.05, 4.69) is 20.6 Å². The highest BCUT2D eigenvalue weighted by atomic mass is 16.6. The van der Waals surface area contributed by atoms with Crippen molar-refractivity contribution in [3.8, 4) is 23.0 Å². The number of nitro benzene ring substituents is 1. The first-order valence-corrected chi connectivity index (χ1v) is 10.0. The number of hydrogen-bond donors (Lipinski definition) is 1. The van der Waals surface area contributed by atoms with Gasteiger partial charge in [0.15, 0.2) is 11.5 Å². The molecule has 0 aliphatic rings. The first-order chi connectivity index (χ1) is 16.0. The average molecular weight is 448 g/mol. The molecule has 1 N–H and O–H groups in total. The Kier molecular flexibility index (Phi) is 6.39. The van der Waals surface area contributed by atoms with Gasteiger partial charge in [-0.1, -0.05) is 24.3 Å². The molecule has 11 heteroatoms. The third kappa shape index (κ3) is 5.21. The number of ether oxygens (including phenoxy) is 2. The number of non-ortho nitro benzene ring substituents is 1. The molecule has 0 aliphatic carbocycles. The van der Waals surface area contributed by atoms with Crippen LogP contribution in [0.2, 0.25) is 0 Å². The number of rotatable bonds is 9. The van der Waals surface area contributed by atoms with Gasteiger partial charge in [-0.05, 0) is 23.8 Å². The molecule has 168 valence electrons. The molecule has 0 spiro atoms. The molecule has 2 aromatic heterocycles. The summed E-state index contributed by atoms with van der Waals surface area (Å²) in [6.45, 7) is 0.484. The molecule has 2 aromatic carbocycles. The molecule has 0 saturated heterocycles. The van der Waals surface area contributed by atoms with Crippen molar-refractivity contribution < 1.29 is 19.2 Å². The highest BCUT2D eigenvalue weighted by Crippen LogP contribution is 2.23. The molecule has 11 nitrogen and oxygen atoms in total. The predicted octanol–water partition coefficient (Wildman–Crippen LogP) is 2.45. The zero-order valence-corrected chi connectivity index (χ0v) is 17.7. The number of carbonyl (C=O) groups excluding carboxylic acids is 1. The molecule has 0 radical (unpaired) electrons. The van der Waals surface area contributed by atoms with Crippen LogP contribution in [0.3, 0.4) is 0 Å². The van der Waals surface area contributed by atoms with Crippen LogP contribution in [0.25, 0.3) is 17.0 Å². The minimum Gasteiger partial charge on any atom is -0.497 e. The standard InChI is InChI=1S/C22H20N6O5/c1-32-18-4-2-3-16(14-18)22-25-24-19-9-10-21(26-27(19)22)33-12-11-23-20(29)13-15-5-7-17(8-6-15)28(30)31/h2-10,14H,11-13H2,1H3,(H,23,29). The molecule has 1 amide bonds. The van der Waals surface area contributed by atoms with Gasteiger partial charge in [-0.15, -0.1) is 15.3 Å². The van der Waals surface area contributed by atoms with E-state index in [9.17, 15) is 14.9 Å². The van der Waals surface area contributed by atoms with Crippen LogP contribution in [0.1, 0.15) is 5.56 Å². The zero-order valence-electron chi connectivity index (χ0n) is 17.7. The van der Waals surface area contributed by atoms with Crippen LogP contribution in [0.15, 0.2) is 60.7 Å². The van der Waals surface area contributed by atoms with Gasteiger partial charge in [0.2, 0.25) is 11.8 Å². The summed E-state index contributed by atoms with van der Waals surface area (Å²) in [6.07, 6.45) is 0.118. The predicted molar refractivity (Wildman–Crippen MR) is 118 cm³/mol. The highest BCUT2D eigenvalue weighted by Gasteiger charge is 2.12. The minimum atomic E-state index is -0.480. The van der Waals surface area contributed by atoms with Crippen LogP contribution in [0, 0.1) is 10.1 Å². The summed E-state index contributed by atoms with van der Waals surface area (Å²) in [5.74, 6) is 1.39. The van der Waals surface area contributed by atoms with E-state index >= 15 is 0 Å². The van der Waals surface area contributed by atoms with Gasteiger partial charge in [0.25, 0.3) is 5.69 Å². The van der Waals surface area contributed by atoms with Gasteiger partial charge < -0.3 is 14.8 Å². The molecular formula is C22H20N6O5. The summed E-state index contributed by atoms with van der Waals surface area (Å²) in [5, 5.41) is 26.2. The van der Waals surface area contributed by atoms with E-state index in [1.165, 1.54) is 12.1 Å². The molecule has 0 bridgehead atoms. The van der Waals surface area contributed by atoms with Gasteiger partial charge in [0.05, 0.1) is 25.0 Å². The zero-order chi connectivity index (χ0) is 23.2. The van der Waals surface area contributed by atoms with Crippen LogP contribution in [0.5, 0.6) is 11.6 Å². The second-order valence-electron chi connectivity index (χ2n) is 7.00. The van der Waals surface area contributed by atoms with E-state index in [-0.39, 0.29) is 31.2 Å². The maximum atomic E-state index is 12.1. The van der Waals surface area contributed by atoms with Gasteiger partial charge >= 0.3 is 0 Å². The maximum absolute atomic E-state index is 12.1. The Morgan fingerprint density at radius 1 is 1.12 bits per heavy atom. The third-order valence-corrected chi connectivity index (χ3v) is 4.75. The molecular weight excluding hydrogens is 428 g/mol. The van der Waals surface area contributed by atoms with Crippen LogP contribution in [-0.4, -0.2) is 50.9 Å². The lowest BCUT2D eigenvalue weighted by Gasteiger charge is -2.08. The van der Waals surface area contributed by atoms with Gasteiger partial charge in [0.1, 0.15) is 12.4 Å². The van der Waals surface area contributed by atoms with Gasteiger partial charge in [-0.3, -0.25) is 14.9 Å². The van der Waals surface area contributed by atoms with Crippen molar-refractivity contribution in [2.75, 3.05) is 20.3 Å². The number of aromatic nitrogens is 4. The Morgan fingerprint density at radius 3 is 2.70 bits per heavy atom. The highest BCUT2D eigenvalue weighted by molar-refractivity contribution is 5.78. The lowest BCUT2D eigenvalue weighted by molar-refractivity contribution is -0.384. The molecule has 33 heavy (non-hydrogen) atoms. The van der Waals surface area contributed by atoms with Gasteiger partial charge in [0, 0.05) is 23.8 Å². The van der Waals surface area contributed by atoms with E-state index in [0.29, 0.717) is 28.7 Å². The molecule has 4 rings (SSSR count). The van der Waals surface area contributed by atoms with Crippen LogP contribution in [0.4, 0.5) is 5.69 Å². The second-order valence-corrected chi connectivity index (χ2v) is 7.00. The SMILES string of the molecule is COc1cccc(-c2nnc3ccc(OCCNC(=O)Cc4ccc([N+](=O)[O-])cc4)nn23)c1. The first kappa shape index (κ1) is 21.7.